The Kier molecular flexibility index (Phi) is 7.09. The molecule has 2 amide bonds. The van der Waals surface area contributed by atoms with Gasteiger partial charge in [0.15, 0.2) is 0 Å². The molecule has 1 aromatic rings. The van der Waals surface area contributed by atoms with Gasteiger partial charge in [0.25, 0.3) is 0 Å². The minimum atomic E-state index is -0.365. The summed E-state index contributed by atoms with van der Waals surface area (Å²) in [6.07, 6.45) is 1.17. The second kappa shape index (κ2) is 8.59. The summed E-state index contributed by atoms with van der Waals surface area (Å²) in [6, 6.07) is 7.91. The molecule has 0 aromatic heterocycles. The maximum Gasteiger partial charge on any atom is 0.315 e. The van der Waals surface area contributed by atoms with Gasteiger partial charge in [0.2, 0.25) is 0 Å². The summed E-state index contributed by atoms with van der Waals surface area (Å²) in [5.41, 5.74) is 2.40. The van der Waals surface area contributed by atoms with E-state index in [1.807, 2.05) is 32.0 Å². The van der Waals surface area contributed by atoms with Crippen molar-refractivity contribution in [1.82, 2.24) is 10.6 Å². The molecule has 1 atom stereocenters. The minimum absolute atomic E-state index is 0.188. The Morgan fingerprint density at radius 3 is 2.45 bits per heavy atom. The van der Waals surface area contributed by atoms with Gasteiger partial charge in [0.05, 0.1) is 6.10 Å². The van der Waals surface area contributed by atoms with Crippen LogP contribution in [0.2, 0.25) is 0 Å². The molecule has 3 N–H and O–H groups in total. The van der Waals surface area contributed by atoms with Crippen molar-refractivity contribution in [2.24, 2.45) is 5.92 Å². The molecule has 0 aliphatic carbocycles. The van der Waals surface area contributed by atoms with Crippen molar-refractivity contribution in [3.63, 3.8) is 0 Å². The molecule has 1 rings (SSSR count). The number of urea groups is 1. The average molecular weight is 278 g/mol. The molecular formula is C16H26N2O2. The number of amides is 2. The number of aryl methyl sites for hydroxylation is 1. The summed E-state index contributed by atoms with van der Waals surface area (Å²) in [7, 11) is 0. The van der Waals surface area contributed by atoms with Gasteiger partial charge in [-0.05, 0) is 29.9 Å². The van der Waals surface area contributed by atoms with E-state index in [9.17, 15) is 9.90 Å². The van der Waals surface area contributed by atoms with Crippen molar-refractivity contribution in [2.45, 2.75) is 46.3 Å². The molecule has 0 bridgehead atoms. The van der Waals surface area contributed by atoms with Gasteiger partial charge in [0.1, 0.15) is 0 Å². The third-order valence-electron chi connectivity index (χ3n) is 3.43. The van der Waals surface area contributed by atoms with Gasteiger partial charge in [-0.2, -0.15) is 0 Å². The topological polar surface area (TPSA) is 61.4 Å². The lowest BCUT2D eigenvalue weighted by Crippen LogP contribution is -2.37. The maximum absolute atomic E-state index is 11.7. The van der Waals surface area contributed by atoms with Gasteiger partial charge in [0, 0.05) is 13.1 Å². The summed E-state index contributed by atoms with van der Waals surface area (Å²) in [5.74, 6) is 0.219. The SMILES string of the molecule is CCc1ccccc1CNC(=O)NCCC(O)C(C)C. The van der Waals surface area contributed by atoms with Crippen molar-refractivity contribution in [3.8, 4) is 0 Å². The fourth-order valence-corrected chi connectivity index (χ4v) is 1.98. The second-order valence-electron chi connectivity index (χ2n) is 5.33. The Hall–Kier alpha value is -1.55. The van der Waals surface area contributed by atoms with Crippen molar-refractivity contribution < 1.29 is 9.90 Å². The van der Waals surface area contributed by atoms with Crippen LogP contribution in [0.1, 0.15) is 38.3 Å². The number of nitrogens with one attached hydrogen (secondary N) is 2. The number of rotatable bonds is 7. The van der Waals surface area contributed by atoms with Crippen LogP contribution in [-0.2, 0) is 13.0 Å². The van der Waals surface area contributed by atoms with Crippen LogP contribution in [0.4, 0.5) is 4.79 Å². The number of hydrogen-bond donors (Lipinski definition) is 3. The third-order valence-corrected chi connectivity index (χ3v) is 3.43. The lowest BCUT2D eigenvalue weighted by molar-refractivity contribution is 0.116. The Labute approximate surface area is 121 Å². The predicted octanol–water partition coefficient (Wildman–Crippen LogP) is 2.46. The van der Waals surface area contributed by atoms with Crippen LogP contribution in [-0.4, -0.2) is 23.8 Å². The zero-order valence-corrected chi connectivity index (χ0v) is 12.6. The molecule has 0 spiro atoms. The molecule has 0 saturated heterocycles. The van der Waals surface area contributed by atoms with Crippen LogP contribution >= 0.6 is 0 Å². The highest BCUT2D eigenvalue weighted by molar-refractivity contribution is 5.73. The molecular weight excluding hydrogens is 252 g/mol. The second-order valence-corrected chi connectivity index (χ2v) is 5.33. The smallest absolute Gasteiger partial charge is 0.315 e. The van der Waals surface area contributed by atoms with Crippen molar-refractivity contribution in [3.05, 3.63) is 35.4 Å². The molecule has 0 radical (unpaired) electrons. The highest BCUT2D eigenvalue weighted by Gasteiger charge is 2.09. The van der Waals surface area contributed by atoms with Crippen LogP contribution in [0.15, 0.2) is 24.3 Å². The Bertz CT molecular complexity index is 419. The fourth-order valence-electron chi connectivity index (χ4n) is 1.98. The van der Waals surface area contributed by atoms with E-state index in [0.717, 1.165) is 12.0 Å². The lowest BCUT2D eigenvalue weighted by Gasteiger charge is -2.15. The van der Waals surface area contributed by atoms with Gasteiger partial charge < -0.3 is 15.7 Å². The minimum Gasteiger partial charge on any atom is -0.393 e. The summed E-state index contributed by atoms with van der Waals surface area (Å²) in [5, 5.41) is 15.3. The van der Waals surface area contributed by atoms with E-state index in [1.165, 1.54) is 5.56 Å². The van der Waals surface area contributed by atoms with Crippen LogP contribution in [0.5, 0.6) is 0 Å². The van der Waals surface area contributed by atoms with Gasteiger partial charge in [-0.3, -0.25) is 0 Å². The van der Waals surface area contributed by atoms with E-state index in [2.05, 4.69) is 23.6 Å². The zero-order valence-electron chi connectivity index (χ0n) is 12.6. The Morgan fingerprint density at radius 2 is 1.85 bits per heavy atom. The van der Waals surface area contributed by atoms with Crippen molar-refractivity contribution in [2.75, 3.05) is 6.54 Å². The number of benzene rings is 1. The first kappa shape index (κ1) is 16.5. The van der Waals surface area contributed by atoms with E-state index >= 15 is 0 Å². The van der Waals surface area contributed by atoms with Crippen molar-refractivity contribution >= 4 is 6.03 Å². The zero-order chi connectivity index (χ0) is 15.0. The number of carbonyl (C=O) groups excluding carboxylic acids is 1. The van der Waals surface area contributed by atoms with Gasteiger partial charge in [-0.15, -0.1) is 0 Å². The Morgan fingerprint density at radius 1 is 1.20 bits per heavy atom. The predicted molar refractivity (Wildman–Crippen MR) is 81.5 cm³/mol. The fraction of sp³-hybridized carbons (Fsp3) is 0.562. The van der Waals surface area contributed by atoms with Crippen LogP contribution in [0.3, 0.4) is 0 Å². The number of aliphatic hydroxyl groups excluding tert-OH is 1. The molecule has 112 valence electrons. The summed E-state index contributed by atoms with van der Waals surface area (Å²) in [6.45, 7) is 7.05. The standard InChI is InChI=1S/C16H26N2O2/c1-4-13-7-5-6-8-14(13)11-18-16(20)17-10-9-15(19)12(2)3/h5-8,12,15,19H,4,9-11H2,1-3H3,(H2,17,18,20). The van der Waals surface area contributed by atoms with Gasteiger partial charge in [-0.25, -0.2) is 4.79 Å². The van der Waals surface area contributed by atoms with E-state index < -0.39 is 0 Å². The number of carbonyl (C=O) groups is 1. The largest absolute Gasteiger partial charge is 0.393 e. The normalized spacial score (nSPS) is 12.2. The first-order valence-corrected chi connectivity index (χ1v) is 7.31. The van der Waals surface area contributed by atoms with Crippen LogP contribution < -0.4 is 10.6 Å². The van der Waals surface area contributed by atoms with E-state index in [0.29, 0.717) is 19.5 Å². The highest BCUT2D eigenvalue weighted by atomic mass is 16.3. The molecule has 0 fully saturated rings. The lowest BCUT2D eigenvalue weighted by atomic mass is 10.0. The molecule has 20 heavy (non-hydrogen) atoms. The first-order chi connectivity index (χ1) is 9.54. The van der Waals surface area contributed by atoms with E-state index in [4.69, 9.17) is 0 Å². The molecule has 1 aromatic carbocycles. The van der Waals surface area contributed by atoms with Gasteiger partial charge in [-0.1, -0.05) is 45.0 Å². The maximum atomic E-state index is 11.7. The quantitative estimate of drug-likeness (QED) is 0.717. The molecule has 4 heteroatoms. The molecule has 0 aliphatic rings. The monoisotopic (exact) mass is 278 g/mol. The van der Waals surface area contributed by atoms with E-state index in [-0.39, 0.29) is 18.1 Å². The molecule has 0 saturated carbocycles. The van der Waals surface area contributed by atoms with E-state index in [1.54, 1.807) is 0 Å². The number of aliphatic hydroxyl groups is 1. The highest BCUT2D eigenvalue weighted by Crippen LogP contribution is 2.08. The number of hydrogen-bond acceptors (Lipinski definition) is 2. The first-order valence-electron chi connectivity index (χ1n) is 7.31. The molecule has 4 nitrogen and oxygen atoms in total. The molecule has 1 unspecified atom stereocenters. The summed E-state index contributed by atoms with van der Waals surface area (Å²) < 4.78 is 0. The average Bonchev–Trinajstić information content (AvgIpc) is 2.45. The third kappa shape index (κ3) is 5.61. The van der Waals surface area contributed by atoms with Crippen molar-refractivity contribution in [1.29, 1.82) is 0 Å². The van der Waals surface area contributed by atoms with Crippen LogP contribution in [0.25, 0.3) is 0 Å². The van der Waals surface area contributed by atoms with Crippen LogP contribution in [0, 0.1) is 5.92 Å². The summed E-state index contributed by atoms with van der Waals surface area (Å²) >= 11 is 0. The summed E-state index contributed by atoms with van der Waals surface area (Å²) in [4.78, 5) is 11.7. The van der Waals surface area contributed by atoms with Gasteiger partial charge >= 0.3 is 6.03 Å². The molecule has 0 heterocycles. The molecule has 0 aliphatic heterocycles. The Balaban J connectivity index is 2.29.